The summed E-state index contributed by atoms with van der Waals surface area (Å²) in [5.74, 6) is -0.961. The number of rotatable bonds is 5. The van der Waals surface area contributed by atoms with Gasteiger partial charge in [-0.15, -0.1) is 11.3 Å². The first-order chi connectivity index (χ1) is 12.0. The number of hydrazone groups is 1. The maximum absolute atomic E-state index is 13.6. The number of amides is 1. The van der Waals surface area contributed by atoms with Gasteiger partial charge in [-0.25, -0.2) is 14.8 Å². The van der Waals surface area contributed by atoms with Gasteiger partial charge in [0.2, 0.25) is 0 Å². The summed E-state index contributed by atoms with van der Waals surface area (Å²) in [7, 11) is 0. The predicted molar refractivity (Wildman–Crippen MR) is 96.5 cm³/mol. The Labute approximate surface area is 148 Å². The number of thiazole rings is 1. The summed E-state index contributed by atoms with van der Waals surface area (Å²) in [6.07, 6.45) is -0.885. The number of nitrogens with zero attached hydrogens (tertiary/aromatic N) is 2. The Bertz CT molecular complexity index is 906. The van der Waals surface area contributed by atoms with Crippen LogP contribution < -0.4 is 10.2 Å². The van der Waals surface area contributed by atoms with Crippen molar-refractivity contribution in [3.63, 3.8) is 0 Å². The van der Waals surface area contributed by atoms with Gasteiger partial charge >= 0.3 is 0 Å². The summed E-state index contributed by atoms with van der Waals surface area (Å²) in [6, 6.07) is 13.7. The molecule has 2 aromatic carbocycles. The molecule has 3 rings (SSSR count). The number of benzene rings is 2. The molecule has 1 atom stereocenters. The van der Waals surface area contributed by atoms with E-state index in [-0.39, 0.29) is 5.75 Å². The zero-order valence-corrected chi connectivity index (χ0v) is 14.5. The Morgan fingerprint density at radius 1 is 1.24 bits per heavy atom. The molecule has 1 aromatic heterocycles. The van der Waals surface area contributed by atoms with Gasteiger partial charge < -0.3 is 4.74 Å². The van der Waals surface area contributed by atoms with Gasteiger partial charge in [-0.3, -0.25) is 4.79 Å². The van der Waals surface area contributed by atoms with E-state index in [4.69, 9.17) is 4.74 Å². The van der Waals surface area contributed by atoms with Crippen molar-refractivity contribution in [2.24, 2.45) is 5.10 Å². The minimum atomic E-state index is -0.885. The van der Waals surface area contributed by atoms with Gasteiger partial charge in [0, 0.05) is 0 Å². The molecule has 0 radical (unpaired) electrons. The van der Waals surface area contributed by atoms with E-state index in [2.05, 4.69) is 15.5 Å². The number of fused-ring (bicyclic) bond motifs is 1. The third kappa shape index (κ3) is 4.00. The average molecular weight is 357 g/mol. The second-order valence-corrected chi connectivity index (χ2v) is 6.38. The maximum atomic E-state index is 13.6. The molecule has 0 aliphatic carbocycles. The zero-order chi connectivity index (χ0) is 17.8. The highest BCUT2D eigenvalue weighted by molar-refractivity contribution is 7.20. The summed E-state index contributed by atoms with van der Waals surface area (Å²) >= 11 is 1.50. The number of carbonyl (C=O) groups excluding carboxylic acids is 1. The molecule has 0 saturated carbocycles. The van der Waals surface area contributed by atoms with Crippen molar-refractivity contribution in [3.05, 3.63) is 59.4 Å². The van der Waals surface area contributed by atoms with Gasteiger partial charge in [0.25, 0.3) is 5.91 Å². The fraction of sp³-hybridized carbons (Fsp3) is 0.167. The summed E-state index contributed by atoms with van der Waals surface area (Å²) in [5.41, 5.74) is 3.91. The van der Waals surface area contributed by atoms with Crippen LogP contribution in [-0.2, 0) is 4.79 Å². The molecular formula is C18H16FN3O2S. The standard InChI is InChI=1S/C18H16FN3O2S/c1-11(18-20-14-8-4-6-10-16(14)25-18)21-22-17(23)12(2)24-15-9-5-3-7-13(15)19/h3-10,12H,1-2H3,(H,22,23)/b21-11-/t12-/m0/s1. The fourth-order valence-electron chi connectivity index (χ4n) is 2.09. The number of hydrogen-bond donors (Lipinski definition) is 1. The monoisotopic (exact) mass is 357 g/mol. The van der Waals surface area contributed by atoms with Crippen LogP contribution in [0.2, 0.25) is 0 Å². The van der Waals surface area contributed by atoms with Crippen LogP contribution in [0.25, 0.3) is 10.2 Å². The van der Waals surface area contributed by atoms with E-state index in [1.54, 1.807) is 19.1 Å². The molecule has 25 heavy (non-hydrogen) atoms. The van der Waals surface area contributed by atoms with Crippen molar-refractivity contribution in [1.82, 2.24) is 10.4 Å². The molecule has 1 amide bonds. The highest BCUT2D eigenvalue weighted by Gasteiger charge is 2.16. The summed E-state index contributed by atoms with van der Waals surface area (Å²) in [5, 5.41) is 4.79. The number of halogens is 1. The summed E-state index contributed by atoms with van der Waals surface area (Å²) in [6.45, 7) is 3.30. The molecule has 5 nitrogen and oxygen atoms in total. The Balaban J connectivity index is 1.65. The van der Waals surface area contributed by atoms with Crippen molar-refractivity contribution < 1.29 is 13.9 Å². The topological polar surface area (TPSA) is 63.6 Å². The van der Waals surface area contributed by atoms with Crippen molar-refractivity contribution in [3.8, 4) is 5.75 Å². The smallest absolute Gasteiger partial charge is 0.280 e. The van der Waals surface area contributed by atoms with Crippen LogP contribution in [0.1, 0.15) is 18.9 Å². The maximum Gasteiger partial charge on any atom is 0.280 e. The molecule has 1 heterocycles. The van der Waals surface area contributed by atoms with Crippen molar-refractivity contribution in [1.29, 1.82) is 0 Å². The lowest BCUT2D eigenvalue weighted by Gasteiger charge is -2.13. The van der Waals surface area contributed by atoms with Gasteiger partial charge in [0.15, 0.2) is 17.7 Å². The first-order valence-electron chi connectivity index (χ1n) is 7.66. The Kier molecular flexibility index (Phi) is 5.04. The predicted octanol–water partition coefficient (Wildman–Crippen LogP) is 3.74. The van der Waals surface area contributed by atoms with Crippen molar-refractivity contribution in [2.75, 3.05) is 0 Å². The fourth-order valence-corrected chi connectivity index (χ4v) is 3.00. The number of carbonyl (C=O) groups is 1. The molecule has 0 aliphatic rings. The Morgan fingerprint density at radius 2 is 1.96 bits per heavy atom. The van der Waals surface area contributed by atoms with Crippen LogP contribution in [0.4, 0.5) is 4.39 Å². The quantitative estimate of drug-likeness (QED) is 0.559. The number of hydrogen-bond acceptors (Lipinski definition) is 5. The van der Waals surface area contributed by atoms with Crippen LogP contribution in [-0.4, -0.2) is 22.7 Å². The minimum absolute atomic E-state index is 0.0250. The van der Waals surface area contributed by atoms with Gasteiger partial charge in [-0.05, 0) is 38.1 Å². The first kappa shape index (κ1) is 17.0. The van der Waals surface area contributed by atoms with Crippen LogP contribution in [0.15, 0.2) is 53.6 Å². The zero-order valence-electron chi connectivity index (χ0n) is 13.7. The number of para-hydroxylation sites is 2. The third-order valence-corrected chi connectivity index (χ3v) is 4.59. The van der Waals surface area contributed by atoms with Crippen molar-refractivity contribution in [2.45, 2.75) is 20.0 Å². The molecule has 0 unspecified atom stereocenters. The van der Waals surface area contributed by atoms with E-state index in [0.29, 0.717) is 5.71 Å². The molecule has 0 saturated heterocycles. The SMILES string of the molecule is C/C(=N/NC(=O)[C@H](C)Oc1ccccc1F)c1nc2ccccc2s1. The summed E-state index contributed by atoms with van der Waals surface area (Å²) in [4.78, 5) is 16.6. The number of aromatic nitrogens is 1. The number of nitrogens with one attached hydrogen (secondary N) is 1. The van der Waals surface area contributed by atoms with Crippen molar-refractivity contribution >= 4 is 33.2 Å². The molecule has 7 heteroatoms. The van der Waals surface area contributed by atoms with Crippen LogP contribution in [0.5, 0.6) is 5.75 Å². The largest absolute Gasteiger partial charge is 0.478 e. The molecule has 0 aliphatic heterocycles. The second kappa shape index (κ2) is 7.40. The average Bonchev–Trinajstić information content (AvgIpc) is 3.05. The van der Waals surface area contributed by atoms with Gasteiger partial charge in [0.1, 0.15) is 5.01 Å². The van der Waals surface area contributed by atoms with E-state index in [9.17, 15) is 9.18 Å². The van der Waals surface area contributed by atoms with Gasteiger partial charge in [0.05, 0.1) is 15.9 Å². The van der Waals surface area contributed by atoms with E-state index in [1.165, 1.54) is 30.4 Å². The molecule has 0 spiro atoms. The molecule has 3 aromatic rings. The lowest BCUT2D eigenvalue weighted by atomic mass is 10.3. The van der Waals surface area contributed by atoms with Gasteiger partial charge in [-0.2, -0.15) is 5.10 Å². The molecule has 128 valence electrons. The van der Waals surface area contributed by atoms with E-state index < -0.39 is 17.8 Å². The number of ether oxygens (including phenoxy) is 1. The lowest BCUT2D eigenvalue weighted by Crippen LogP contribution is -2.34. The van der Waals surface area contributed by atoms with E-state index in [0.717, 1.165) is 15.2 Å². The van der Waals surface area contributed by atoms with Crippen LogP contribution in [0, 0.1) is 5.82 Å². The molecule has 0 fully saturated rings. The van der Waals surface area contributed by atoms with E-state index in [1.807, 2.05) is 24.3 Å². The Morgan fingerprint density at radius 3 is 2.72 bits per heavy atom. The minimum Gasteiger partial charge on any atom is -0.478 e. The lowest BCUT2D eigenvalue weighted by molar-refractivity contribution is -0.127. The first-order valence-corrected chi connectivity index (χ1v) is 8.47. The third-order valence-electron chi connectivity index (χ3n) is 3.45. The highest BCUT2D eigenvalue weighted by atomic mass is 32.1. The Hall–Kier alpha value is -2.80. The highest BCUT2D eigenvalue weighted by Crippen LogP contribution is 2.22. The molecule has 1 N–H and O–H groups in total. The second-order valence-electron chi connectivity index (χ2n) is 5.35. The summed E-state index contributed by atoms with van der Waals surface area (Å²) < 4.78 is 19.9. The van der Waals surface area contributed by atoms with Crippen LogP contribution in [0.3, 0.4) is 0 Å². The van der Waals surface area contributed by atoms with Crippen LogP contribution >= 0.6 is 11.3 Å². The van der Waals surface area contributed by atoms with Gasteiger partial charge in [-0.1, -0.05) is 24.3 Å². The molecule has 0 bridgehead atoms. The molecular weight excluding hydrogens is 341 g/mol. The normalized spacial score (nSPS) is 12.8. The van der Waals surface area contributed by atoms with E-state index >= 15 is 0 Å².